The van der Waals surface area contributed by atoms with E-state index in [9.17, 15) is 9.59 Å². The molecule has 0 radical (unpaired) electrons. The molecule has 1 N–H and O–H groups in total. The molecule has 29 heavy (non-hydrogen) atoms. The summed E-state index contributed by atoms with van der Waals surface area (Å²) < 4.78 is 0. The molecule has 154 valence electrons. The molecular formula is C24H29ClN2O2. The third-order valence-electron chi connectivity index (χ3n) is 5.76. The van der Waals surface area contributed by atoms with Crippen molar-refractivity contribution >= 4 is 23.4 Å². The third-order valence-corrected chi connectivity index (χ3v) is 6.01. The number of hydrogen-bond acceptors (Lipinski definition) is 2. The van der Waals surface area contributed by atoms with Crippen LogP contribution in [0, 0.1) is 12.8 Å². The van der Waals surface area contributed by atoms with Crippen LogP contribution in [0.25, 0.3) is 0 Å². The van der Waals surface area contributed by atoms with Crippen molar-refractivity contribution in [2.45, 2.75) is 45.6 Å². The smallest absolute Gasteiger partial charge is 0.252 e. The van der Waals surface area contributed by atoms with Crippen molar-refractivity contribution < 1.29 is 9.59 Å². The monoisotopic (exact) mass is 412 g/mol. The Balaban J connectivity index is 1.63. The van der Waals surface area contributed by atoms with Crippen LogP contribution >= 0.6 is 11.6 Å². The van der Waals surface area contributed by atoms with Crippen molar-refractivity contribution in [3.8, 4) is 0 Å². The molecule has 2 aromatic rings. The number of hydrogen-bond donors (Lipinski definition) is 1. The van der Waals surface area contributed by atoms with E-state index >= 15 is 0 Å². The molecule has 1 unspecified atom stereocenters. The summed E-state index contributed by atoms with van der Waals surface area (Å²) in [6.07, 6.45) is 1.84. The number of aryl methyl sites for hydroxylation is 1. The Morgan fingerprint density at radius 1 is 1.03 bits per heavy atom. The maximum Gasteiger partial charge on any atom is 0.252 e. The second-order valence-electron chi connectivity index (χ2n) is 8.16. The molecule has 1 saturated heterocycles. The first kappa shape index (κ1) is 21.4. The summed E-state index contributed by atoms with van der Waals surface area (Å²) in [5.41, 5.74) is 2.80. The van der Waals surface area contributed by atoms with Gasteiger partial charge in [-0.25, -0.2) is 0 Å². The van der Waals surface area contributed by atoms with Crippen molar-refractivity contribution in [3.05, 3.63) is 70.2 Å². The second-order valence-corrected chi connectivity index (χ2v) is 8.60. The van der Waals surface area contributed by atoms with Crippen LogP contribution in [0.4, 0.5) is 0 Å². The maximum atomic E-state index is 13.2. The van der Waals surface area contributed by atoms with Crippen molar-refractivity contribution in [1.82, 2.24) is 10.2 Å². The van der Waals surface area contributed by atoms with E-state index in [4.69, 9.17) is 11.6 Å². The zero-order chi connectivity index (χ0) is 21.0. The van der Waals surface area contributed by atoms with Gasteiger partial charge in [0.1, 0.15) is 6.04 Å². The predicted molar refractivity (Wildman–Crippen MR) is 117 cm³/mol. The third kappa shape index (κ3) is 5.18. The summed E-state index contributed by atoms with van der Waals surface area (Å²) in [6, 6.07) is 14.9. The van der Waals surface area contributed by atoms with E-state index < -0.39 is 6.04 Å². The van der Waals surface area contributed by atoms with E-state index in [0.29, 0.717) is 24.6 Å². The van der Waals surface area contributed by atoms with E-state index in [-0.39, 0.29) is 17.7 Å². The van der Waals surface area contributed by atoms with Crippen molar-refractivity contribution in [3.63, 3.8) is 0 Å². The molecule has 1 fully saturated rings. The van der Waals surface area contributed by atoms with Crippen LogP contribution in [-0.2, 0) is 4.79 Å². The fraction of sp³-hybridized carbons (Fsp3) is 0.417. The Morgan fingerprint density at radius 2 is 1.66 bits per heavy atom. The highest BCUT2D eigenvalue weighted by Gasteiger charge is 2.31. The Labute approximate surface area is 178 Å². The number of carbonyl (C=O) groups is 2. The number of carbonyl (C=O) groups excluding carboxylic acids is 2. The maximum absolute atomic E-state index is 13.2. The number of amides is 2. The summed E-state index contributed by atoms with van der Waals surface area (Å²) in [6.45, 7) is 7.26. The molecule has 4 nitrogen and oxygen atoms in total. The summed E-state index contributed by atoms with van der Waals surface area (Å²) in [5, 5.41) is 3.72. The minimum absolute atomic E-state index is 0.0106. The summed E-state index contributed by atoms with van der Waals surface area (Å²) >= 11 is 5.99. The van der Waals surface area contributed by atoms with Gasteiger partial charge in [0.25, 0.3) is 5.91 Å². The van der Waals surface area contributed by atoms with Crippen LogP contribution in [0.3, 0.4) is 0 Å². The van der Waals surface area contributed by atoms with Crippen molar-refractivity contribution in [2.75, 3.05) is 13.1 Å². The molecule has 1 heterocycles. The number of piperidine rings is 1. The standard InChI is InChI=1S/C24H29ClN2O2/c1-16(2)22(26-23(28)21-7-5-4-6-17(21)3)24(29)27-14-12-19(13-15-27)18-8-10-20(25)11-9-18/h4-11,16,19,22H,12-15H2,1-3H3,(H,26,28). The van der Waals surface area contributed by atoms with Gasteiger partial charge in [-0.15, -0.1) is 0 Å². The van der Waals surface area contributed by atoms with Crippen LogP contribution in [0.5, 0.6) is 0 Å². The van der Waals surface area contributed by atoms with E-state index in [1.807, 2.05) is 56.0 Å². The van der Waals surface area contributed by atoms with Gasteiger partial charge >= 0.3 is 0 Å². The van der Waals surface area contributed by atoms with Gasteiger partial charge in [-0.2, -0.15) is 0 Å². The van der Waals surface area contributed by atoms with Gasteiger partial charge in [-0.05, 0) is 60.9 Å². The van der Waals surface area contributed by atoms with Gasteiger partial charge < -0.3 is 10.2 Å². The topological polar surface area (TPSA) is 49.4 Å². The molecule has 0 aromatic heterocycles. The molecule has 0 bridgehead atoms. The van der Waals surface area contributed by atoms with Gasteiger partial charge in [0, 0.05) is 23.7 Å². The zero-order valence-corrected chi connectivity index (χ0v) is 18.1. The van der Waals surface area contributed by atoms with E-state index in [0.717, 1.165) is 23.4 Å². The zero-order valence-electron chi connectivity index (χ0n) is 17.3. The largest absolute Gasteiger partial charge is 0.341 e. The van der Waals surface area contributed by atoms with Crippen LogP contribution < -0.4 is 5.32 Å². The molecule has 0 spiro atoms. The van der Waals surface area contributed by atoms with Crippen LogP contribution in [-0.4, -0.2) is 35.8 Å². The fourth-order valence-electron chi connectivity index (χ4n) is 3.93. The van der Waals surface area contributed by atoms with E-state index in [1.54, 1.807) is 6.07 Å². The van der Waals surface area contributed by atoms with E-state index in [2.05, 4.69) is 17.4 Å². The van der Waals surface area contributed by atoms with Gasteiger partial charge in [-0.1, -0.05) is 55.8 Å². The minimum Gasteiger partial charge on any atom is -0.341 e. The predicted octanol–water partition coefficient (Wildman–Crippen LogP) is 4.81. The molecular weight excluding hydrogens is 384 g/mol. The molecule has 5 heteroatoms. The molecule has 0 saturated carbocycles. The summed E-state index contributed by atoms with van der Waals surface area (Å²) in [4.78, 5) is 27.8. The number of benzene rings is 2. The van der Waals surface area contributed by atoms with E-state index in [1.165, 1.54) is 5.56 Å². The average Bonchev–Trinajstić information content (AvgIpc) is 2.72. The van der Waals surface area contributed by atoms with Gasteiger partial charge in [-0.3, -0.25) is 9.59 Å². The molecule has 2 aromatic carbocycles. The molecule has 1 aliphatic rings. The Bertz CT molecular complexity index is 855. The molecule has 3 rings (SSSR count). The highest BCUT2D eigenvalue weighted by Crippen LogP contribution is 2.29. The van der Waals surface area contributed by atoms with Crippen molar-refractivity contribution in [1.29, 1.82) is 0 Å². The first-order chi connectivity index (χ1) is 13.9. The molecule has 1 aliphatic heterocycles. The Kier molecular flexibility index (Phi) is 6.96. The molecule has 2 amide bonds. The second kappa shape index (κ2) is 9.45. The first-order valence-electron chi connectivity index (χ1n) is 10.3. The number of likely N-dealkylation sites (tertiary alicyclic amines) is 1. The highest BCUT2D eigenvalue weighted by molar-refractivity contribution is 6.30. The number of halogens is 1. The fourth-order valence-corrected chi connectivity index (χ4v) is 4.05. The average molecular weight is 413 g/mol. The lowest BCUT2D eigenvalue weighted by Gasteiger charge is -2.35. The first-order valence-corrected chi connectivity index (χ1v) is 10.7. The lowest BCUT2D eigenvalue weighted by molar-refractivity contribution is -0.135. The Morgan fingerprint density at radius 3 is 2.24 bits per heavy atom. The van der Waals surface area contributed by atoms with Gasteiger partial charge in [0.2, 0.25) is 5.91 Å². The molecule has 0 aliphatic carbocycles. The summed E-state index contributed by atoms with van der Waals surface area (Å²) in [7, 11) is 0. The van der Waals surface area contributed by atoms with Crippen molar-refractivity contribution in [2.24, 2.45) is 5.92 Å². The summed E-state index contributed by atoms with van der Waals surface area (Å²) in [5.74, 6) is 0.280. The van der Waals surface area contributed by atoms with Gasteiger partial charge in [0.05, 0.1) is 0 Å². The Hall–Kier alpha value is -2.33. The number of nitrogens with zero attached hydrogens (tertiary/aromatic N) is 1. The van der Waals surface area contributed by atoms with Gasteiger partial charge in [0.15, 0.2) is 0 Å². The molecule has 1 atom stereocenters. The normalized spacial score (nSPS) is 16.0. The lowest BCUT2D eigenvalue weighted by Crippen LogP contribution is -2.52. The lowest BCUT2D eigenvalue weighted by atomic mass is 9.89. The number of rotatable bonds is 5. The quantitative estimate of drug-likeness (QED) is 0.766. The minimum atomic E-state index is -0.519. The number of nitrogens with one attached hydrogen (secondary N) is 1. The van der Waals surface area contributed by atoms with Crippen LogP contribution in [0.15, 0.2) is 48.5 Å². The van der Waals surface area contributed by atoms with Crippen LogP contribution in [0.1, 0.15) is 54.1 Å². The highest BCUT2D eigenvalue weighted by atomic mass is 35.5. The SMILES string of the molecule is Cc1ccccc1C(=O)NC(C(=O)N1CCC(c2ccc(Cl)cc2)CC1)C(C)C. The van der Waals surface area contributed by atoms with Crippen LogP contribution in [0.2, 0.25) is 5.02 Å².